The van der Waals surface area contributed by atoms with E-state index in [1.54, 1.807) is 12.4 Å². The normalized spacial score (nSPS) is 12.9. The summed E-state index contributed by atoms with van der Waals surface area (Å²) in [5, 5.41) is 5.88. The minimum Gasteiger partial charge on any atom is -0.444 e. The number of benzene rings is 2. The molecule has 2 N–H and O–H groups in total. The Labute approximate surface area is 205 Å². The first kappa shape index (κ1) is 23.9. The smallest absolute Gasteiger partial charge is 0.229 e. The third-order valence-electron chi connectivity index (χ3n) is 5.67. The molecule has 0 spiro atoms. The SMILES string of the molecule is Cc1ccc(CNC=O)cc1.c1cc(Nc2nccc(N3CCCCC3)n2)cc(-c2cnco2)c1. The lowest BCUT2D eigenvalue weighted by Gasteiger charge is -2.27. The van der Waals surface area contributed by atoms with Crippen molar-refractivity contribution in [3.05, 3.63) is 84.5 Å². The minimum atomic E-state index is 0.604. The zero-order valence-electron chi connectivity index (χ0n) is 19.9. The Balaban J connectivity index is 0.000000221. The number of aryl methyl sites for hydroxylation is 1. The number of aromatic nitrogens is 3. The second-order valence-electron chi connectivity index (χ2n) is 8.34. The molecule has 1 saturated heterocycles. The van der Waals surface area contributed by atoms with Crippen LogP contribution in [-0.2, 0) is 11.3 Å². The van der Waals surface area contributed by atoms with Gasteiger partial charge in [0, 0.05) is 37.1 Å². The lowest BCUT2D eigenvalue weighted by Crippen LogP contribution is -2.30. The number of hydrogen-bond acceptors (Lipinski definition) is 7. The topological polar surface area (TPSA) is 96.2 Å². The van der Waals surface area contributed by atoms with E-state index in [0.717, 1.165) is 41.5 Å². The Hall–Kier alpha value is -4.20. The number of hydrogen-bond donors (Lipinski definition) is 2. The summed E-state index contributed by atoms with van der Waals surface area (Å²) in [6.07, 6.45) is 9.41. The maximum Gasteiger partial charge on any atom is 0.229 e. The van der Waals surface area contributed by atoms with E-state index in [9.17, 15) is 4.79 Å². The molecule has 180 valence electrons. The molecule has 0 radical (unpaired) electrons. The fraction of sp³-hybridized carbons (Fsp3) is 0.259. The number of carbonyl (C=O) groups is 1. The summed E-state index contributed by atoms with van der Waals surface area (Å²) < 4.78 is 5.35. The number of carbonyl (C=O) groups excluding carboxylic acids is 1. The van der Waals surface area contributed by atoms with Gasteiger partial charge < -0.3 is 20.0 Å². The molecule has 0 unspecified atom stereocenters. The number of nitrogens with one attached hydrogen (secondary N) is 2. The van der Waals surface area contributed by atoms with Gasteiger partial charge in [-0.1, -0.05) is 42.0 Å². The minimum absolute atomic E-state index is 0.604. The summed E-state index contributed by atoms with van der Waals surface area (Å²) in [6, 6.07) is 18.0. The monoisotopic (exact) mass is 470 g/mol. The van der Waals surface area contributed by atoms with Crippen molar-refractivity contribution in [3.8, 4) is 11.3 Å². The standard InChI is InChI=1S/C18H19N5O.C9H11NO/c1-2-9-23(10-3-1)17-7-8-20-18(22-17)21-15-6-4-5-14(11-15)16-12-19-13-24-16;1-8-2-4-9(5-3-8)6-10-7-11/h4-8,11-13H,1-3,9-10H2,(H,20,21,22);2-5,7H,6H2,1H3,(H,10,11). The van der Waals surface area contributed by atoms with Crippen molar-refractivity contribution in [2.24, 2.45) is 0 Å². The van der Waals surface area contributed by atoms with Crippen molar-refractivity contribution in [2.75, 3.05) is 23.3 Å². The van der Waals surface area contributed by atoms with E-state index in [1.165, 1.54) is 31.2 Å². The van der Waals surface area contributed by atoms with E-state index in [2.05, 4.69) is 30.5 Å². The van der Waals surface area contributed by atoms with E-state index >= 15 is 0 Å². The molecular weight excluding hydrogens is 440 g/mol. The highest BCUT2D eigenvalue weighted by Gasteiger charge is 2.13. The molecular formula is C27H30N6O2. The van der Waals surface area contributed by atoms with Gasteiger partial charge >= 0.3 is 0 Å². The highest BCUT2D eigenvalue weighted by molar-refractivity contribution is 5.66. The molecule has 1 amide bonds. The zero-order chi connectivity index (χ0) is 24.3. The van der Waals surface area contributed by atoms with E-state index in [-0.39, 0.29) is 0 Å². The van der Waals surface area contributed by atoms with Crippen LogP contribution in [0.15, 0.2) is 77.8 Å². The molecule has 35 heavy (non-hydrogen) atoms. The highest BCUT2D eigenvalue weighted by Crippen LogP contribution is 2.24. The van der Waals surface area contributed by atoms with Gasteiger partial charge in [-0.15, -0.1) is 0 Å². The Morgan fingerprint density at radius 1 is 1.06 bits per heavy atom. The first-order valence-corrected chi connectivity index (χ1v) is 11.8. The summed E-state index contributed by atoms with van der Waals surface area (Å²) in [5.74, 6) is 2.33. The average Bonchev–Trinajstić information content (AvgIpc) is 3.45. The van der Waals surface area contributed by atoms with Gasteiger partial charge in [0.05, 0.1) is 6.20 Å². The van der Waals surface area contributed by atoms with Crippen LogP contribution in [0.2, 0.25) is 0 Å². The number of anilines is 3. The van der Waals surface area contributed by atoms with Crippen molar-refractivity contribution in [1.82, 2.24) is 20.3 Å². The first-order valence-electron chi connectivity index (χ1n) is 11.8. The van der Waals surface area contributed by atoms with Crippen LogP contribution >= 0.6 is 0 Å². The maximum atomic E-state index is 9.93. The van der Waals surface area contributed by atoms with E-state index in [1.807, 2.05) is 61.5 Å². The van der Waals surface area contributed by atoms with Gasteiger partial charge in [0.15, 0.2) is 12.2 Å². The van der Waals surface area contributed by atoms with Crippen LogP contribution in [0.1, 0.15) is 30.4 Å². The molecule has 1 aliphatic heterocycles. The largest absolute Gasteiger partial charge is 0.444 e. The molecule has 1 aliphatic rings. The van der Waals surface area contributed by atoms with Gasteiger partial charge in [-0.2, -0.15) is 4.98 Å². The highest BCUT2D eigenvalue weighted by atomic mass is 16.3. The molecule has 8 heteroatoms. The Morgan fingerprint density at radius 3 is 2.63 bits per heavy atom. The molecule has 1 fully saturated rings. The third kappa shape index (κ3) is 7.14. The Kier molecular flexibility index (Phi) is 8.42. The third-order valence-corrected chi connectivity index (χ3v) is 5.67. The number of oxazole rings is 1. The van der Waals surface area contributed by atoms with Crippen molar-refractivity contribution in [2.45, 2.75) is 32.7 Å². The van der Waals surface area contributed by atoms with Gasteiger partial charge in [-0.3, -0.25) is 4.79 Å². The fourth-order valence-corrected chi connectivity index (χ4v) is 3.81. The van der Waals surface area contributed by atoms with Crippen LogP contribution in [-0.4, -0.2) is 34.5 Å². The van der Waals surface area contributed by atoms with Gasteiger partial charge in [-0.05, 0) is 49.9 Å². The molecule has 0 atom stereocenters. The summed E-state index contributed by atoms with van der Waals surface area (Å²) >= 11 is 0. The van der Waals surface area contributed by atoms with E-state index < -0.39 is 0 Å². The van der Waals surface area contributed by atoms with Gasteiger partial charge in [0.25, 0.3) is 0 Å². The predicted octanol–water partition coefficient (Wildman–Crippen LogP) is 5.11. The van der Waals surface area contributed by atoms with Crippen molar-refractivity contribution in [1.29, 1.82) is 0 Å². The van der Waals surface area contributed by atoms with Crippen LogP contribution in [0.5, 0.6) is 0 Å². The van der Waals surface area contributed by atoms with E-state index in [4.69, 9.17) is 4.42 Å². The molecule has 5 rings (SSSR count). The van der Waals surface area contributed by atoms with Gasteiger partial charge in [-0.25, -0.2) is 9.97 Å². The number of rotatable bonds is 7. The van der Waals surface area contributed by atoms with Gasteiger partial charge in [0.1, 0.15) is 5.82 Å². The maximum absolute atomic E-state index is 9.93. The van der Waals surface area contributed by atoms with Crippen LogP contribution in [0.3, 0.4) is 0 Å². The van der Waals surface area contributed by atoms with E-state index in [0.29, 0.717) is 18.9 Å². The summed E-state index contributed by atoms with van der Waals surface area (Å²) in [5.41, 5.74) is 4.24. The number of amides is 1. The lowest BCUT2D eigenvalue weighted by molar-refractivity contribution is -0.109. The lowest BCUT2D eigenvalue weighted by atomic mass is 10.1. The second-order valence-corrected chi connectivity index (χ2v) is 8.34. The van der Waals surface area contributed by atoms with Gasteiger partial charge in [0.2, 0.25) is 12.4 Å². The number of piperidine rings is 1. The molecule has 0 saturated carbocycles. The predicted molar refractivity (Wildman–Crippen MR) is 137 cm³/mol. The number of nitrogens with zero attached hydrogens (tertiary/aromatic N) is 4. The molecule has 0 bridgehead atoms. The average molecular weight is 471 g/mol. The summed E-state index contributed by atoms with van der Waals surface area (Å²) in [4.78, 5) is 25.2. The molecule has 3 heterocycles. The molecule has 4 aromatic rings. The quantitative estimate of drug-likeness (QED) is 0.363. The molecule has 2 aromatic carbocycles. The summed E-state index contributed by atoms with van der Waals surface area (Å²) in [6.45, 7) is 4.79. The molecule has 2 aromatic heterocycles. The second kappa shape index (κ2) is 12.3. The van der Waals surface area contributed by atoms with Crippen LogP contribution in [0.25, 0.3) is 11.3 Å². The Morgan fingerprint density at radius 2 is 1.89 bits per heavy atom. The van der Waals surface area contributed by atoms with Crippen molar-refractivity contribution in [3.63, 3.8) is 0 Å². The Bertz CT molecular complexity index is 1190. The van der Waals surface area contributed by atoms with Crippen molar-refractivity contribution < 1.29 is 9.21 Å². The van der Waals surface area contributed by atoms with Crippen LogP contribution < -0.4 is 15.5 Å². The van der Waals surface area contributed by atoms with Crippen LogP contribution in [0, 0.1) is 6.92 Å². The zero-order valence-corrected chi connectivity index (χ0v) is 19.9. The van der Waals surface area contributed by atoms with Crippen LogP contribution in [0.4, 0.5) is 17.5 Å². The molecule has 8 nitrogen and oxygen atoms in total. The molecule has 0 aliphatic carbocycles. The summed E-state index contributed by atoms with van der Waals surface area (Å²) in [7, 11) is 0. The fourth-order valence-electron chi connectivity index (χ4n) is 3.81. The van der Waals surface area contributed by atoms with Crippen molar-refractivity contribution >= 4 is 23.9 Å². The first-order chi connectivity index (χ1) is 17.2.